The molecule has 4 rings (SSSR count). The number of fused-ring (bicyclic) bond motifs is 2. The van der Waals surface area contributed by atoms with Crippen LogP contribution in [0.3, 0.4) is 0 Å². The van der Waals surface area contributed by atoms with E-state index in [2.05, 4.69) is 12.6 Å². The number of aromatic carboxylic acids is 1. The van der Waals surface area contributed by atoms with E-state index in [0.717, 1.165) is 6.07 Å². The molecular formula is C20H8Cl4O5S. The first-order valence-corrected chi connectivity index (χ1v) is 10.1. The van der Waals surface area contributed by atoms with Crippen molar-refractivity contribution in [1.82, 2.24) is 0 Å². The fourth-order valence-electron chi connectivity index (χ4n) is 3.23. The van der Waals surface area contributed by atoms with E-state index < -0.39 is 11.4 Å². The molecule has 1 heterocycles. The molecule has 0 unspecified atom stereocenters. The summed E-state index contributed by atoms with van der Waals surface area (Å²) in [5.41, 5.74) is -0.0385. The molecule has 0 fully saturated rings. The second kappa shape index (κ2) is 7.55. The number of hydrogen-bond acceptors (Lipinski definition) is 5. The summed E-state index contributed by atoms with van der Waals surface area (Å²) in [5.74, 6) is -1.49. The number of phenols is 1. The van der Waals surface area contributed by atoms with E-state index in [1.54, 1.807) is 0 Å². The molecule has 0 saturated heterocycles. The molecule has 0 amide bonds. The Kier molecular flexibility index (Phi) is 5.33. The van der Waals surface area contributed by atoms with Crippen molar-refractivity contribution in [3.05, 3.63) is 66.2 Å². The molecule has 5 nitrogen and oxygen atoms in total. The summed E-state index contributed by atoms with van der Waals surface area (Å²) in [7, 11) is 0. The third-order valence-electron chi connectivity index (χ3n) is 4.50. The van der Waals surface area contributed by atoms with Crippen molar-refractivity contribution in [3.8, 4) is 28.2 Å². The van der Waals surface area contributed by atoms with Gasteiger partial charge in [-0.2, -0.15) is 0 Å². The average Bonchev–Trinajstić information content (AvgIpc) is 2.65. The van der Waals surface area contributed by atoms with Crippen LogP contribution in [0.25, 0.3) is 33.4 Å². The van der Waals surface area contributed by atoms with Crippen LogP contribution in [0.5, 0.6) is 5.75 Å². The molecule has 0 aromatic heterocycles. The predicted molar refractivity (Wildman–Crippen MR) is 120 cm³/mol. The number of aromatic hydroxyl groups is 1. The van der Waals surface area contributed by atoms with E-state index in [0.29, 0.717) is 10.9 Å². The fraction of sp³-hybridized carbons (Fsp3) is 0. The maximum Gasteiger partial charge on any atom is 0.337 e. The SMILES string of the molecule is O=C(O)c1c(Cl)cc(S)c(Cl)c1-c1c2cc(Cl)c(=O)cc-2oc2cc(O)c(Cl)cc12. The summed E-state index contributed by atoms with van der Waals surface area (Å²) in [6, 6.07) is 6.47. The number of carbonyl (C=O) groups is 1. The first kappa shape index (κ1) is 21.2. The average molecular weight is 502 g/mol. The second-order valence-corrected chi connectivity index (χ2v) is 8.38. The normalized spacial score (nSPS) is 11.4. The van der Waals surface area contributed by atoms with Gasteiger partial charge in [0.1, 0.15) is 17.1 Å². The number of benzene rings is 3. The molecule has 152 valence electrons. The molecule has 1 aliphatic heterocycles. The summed E-state index contributed by atoms with van der Waals surface area (Å²) < 4.78 is 5.76. The summed E-state index contributed by atoms with van der Waals surface area (Å²) >= 11 is 29.1. The Morgan fingerprint density at radius 1 is 0.933 bits per heavy atom. The van der Waals surface area contributed by atoms with Crippen LogP contribution in [0.2, 0.25) is 20.1 Å². The van der Waals surface area contributed by atoms with Gasteiger partial charge in [0.05, 0.1) is 25.7 Å². The molecule has 1 aliphatic carbocycles. The molecule has 2 aliphatic rings. The largest absolute Gasteiger partial charge is 0.506 e. The van der Waals surface area contributed by atoms with E-state index in [1.165, 1.54) is 24.3 Å². The highest BCUT2D eigenvalue weighted by atomic mass is 35.5. The second-order valence-electron chi connectivity index (χ2n) is 6.30. The zero-order chi connectivity index (χ0) is 21.9. The van der Waals surface area contributed by atoms with Gasteiger partial charge in [-0.3, -0.25) is 4.79 Å². The van der Waals surface area contributed by atoms with Gasteiger partial charge in [0.15, 0.2) is 0 Å². The lowest BCUT2D eigenvalue weighted by Gasteiger charge is -2.19. The lowest BCUT2D eigenvalue weighted by Crippen LogP contribution is -2.06. The molecule has 0 spiro atoms. The lowest BCUT2D eigenvalue weighted by atomic mass is 9.90. The quantitative estimate of drug-likeness (QED) is 0.206. The van der Waals surface area contributed by atoms with Gasteiger partial charge in [0.25, 0.3) is 0 Å². The molecule has 30 heavy (non-hydrogen) atoms. The smallest absolute Gasteiger partial charge is 0.337 e. The van der Waals surface area contributed by atoms with Crippen molar-refractivity contribution < 1.29 is 19.4 Å². The Morgan fingerprint density at radius 3 is 2.30 bits per heavy atom. The van der Waals surface area contributed by atoms with Gasteiger partial charge < -0.3 is 14.6 Å². The molecule has 2 aromatic rings. The zero-order valence-corrected chi connectivity index (χ0v) is 18.4. The van der Waals surface area contributed by atoms with Gasteiger partial charge in [0.2, 0.25) is 5.43 Å². The topological polar surface area (TPSA) is 87.7 Å². The van der Waals surface area contributed by atoms with Crippen LogP contribution >= 0.6 is 59.0 Å². The van der Waals surface area contributed by atoms with E-state index in [9.17, 15) is 19.8 Å². The van der Waals surface area contributed by atoms with E-state index >= 15 is 0 Å². The van der Waals surface area contributed by atoms with Gasteiger partial charge >= 0.3 is 5.97 Å². The number of carboxylic acid groups (broad SMARTS) is 1. The van der Waals surface area contributed by atoms with E-state index in [1.807, 2.05) is 0 Å². The Labute approximate surface area is 194 Å². The van der Waals surface area contributed by atoms with Crippen LogP contribution in [0, 0.1) is 0 Å². The standard InChI is InChI=1S/C20H8Cl4O5S/c21-8-1-6-13(4-11(8)25)29-14-5-12(26)9(22)2-7(14)16(6)18-17(20(27)28)10(23)3-15(30)19(18)24/h1-5,25,30H,(H,27,28). The van der Waals surface area contributed by atoms with Crippen LogP contribution in [-0.2, 0) is 0 Å². The fourth-order valence-corrected chi connectivity index (χ4v) is 4.40. The van der Waals surface area contributed by atoms with Gasteiger partial charge in [-0.15, -0.1) is 12.6 Å². The molecule has 0 atom stereocenters. The Bertz CT molecular complexity index is 1410. The molecular weight excluding hydrogens is 494 g/mol. The Balaban J connectivity index is 2.35. The monoisotopic (exact) mass is 500 g/mol. The minimum absolute atomic E-state index is 0.00837. The number of carboxylic acids is 1. The van der Waals surface area contributed by atoms with Gasteiger partial charge in [-0.05, 0) is 18.2 Å². The molecule has 0 bridgehead atoms. The van der Waals surface area contributed by atoms with Gasteiger partial charge in [-0.25, -0.2) is 4.79 Å². The predicted octanol–water partition coefficient (Wildman–Crippen LogP) is 6.87. The minimum Gasteiger partial charge on any atom is -0.506 e. The number of hydrogen-bond donors (Lipinski definition) is 3. The Morgan fingerprint density at radius 2 is 1.63 bits per heavy atom. The molecule has 10 heteroatoms. The number of thiol groups is 1. The van der Waals surface area contributed by atoms with Crippen LogP contribution in [-0.4, -0.2) is 16.2 Å². The highest BCUT2D eigenvalue weighted by Gasteiger charge is 2.28. The minimum atomic E-state index is -1.33. The first-order chi connectivity index (χ1) is 14.1. The number of rotatable bonds is 2. The molecule has 0 radical (unpaired) electrons. The third-order valence-corrected chi connectivity index (χ3v) is 6.28. The van der Waals surface area contributed by atoms with Crippen molar-refractivity contribution in [2.24, 2.45) is 0 Å². The zero-order valence-electron chi connectivity index (χ0n) is 14.5. The highest BCUT2D eigenvalue weighted by Crippen LogP contribution is 2.48. The van der Waals surface area contributed by atoms with Gasteiger partial charge in [0, 0.05) is 39.1 Å². The lowest BCUT2D eigenvalue weighted by molar-refractivity contribution is 0.0698. The third kappa shape index (κ3) is 3.29. The van der Waals surface area contributed by atoms with Crippen LogP contribution in [0.4, 0.5) is 0 Å². The van der Waals surface area contributed by atoms with Crippen LogP contribution < -0.4 is 5.43 Å². The summed E-state index contributed by atoms with van der Waals surface area (Å²) in [6.07, 6.45) is 0. The van der Waals surface area contributed by atoms with Crippen molar-refractivity contribution in [2.75, 3.05) is 0 Å². The summed E-state index contributed by atoms with van der Waals surface area (Å²) in [4.78, 5) is 24.4. The maximum absolute atomic E-state index is 12.1. The summed E-state index contributed by atoms with van der Waals surface area (Å²) in [5, 5.41) is 20.0. The molecule has 0 saturated carbocycles. The first-order valence-electron chi connectivity index (χ1n) is 8.13. The van der Waals surface area contributed by atoms with Gasteiger partial charge in [-0.1, -0.05) is 46.4 Å². The van der Waals surface area contributed by atoms with Crippen LogP contribution in [0.1, 0.15) is 10.4 Å². The molecule has 2 N–H and O–H groups in total. The maximum atomic E-state index is 12.1. The number of halogens is 4. The highest BCUT2D eigenvalue weighted by molar-refractivity contribution is 7.80. The van der Waals surface area contributed by atoms with Crippen molar-refractivity contribution in [3.63, 3.8) is 0 Å². The number of phenolic OH excluding ortho intramolecular Hbond substituents is 1. The Hall–Kier alpha value is -2.09. The van der Waals surface area contributed by atoms with Crippen molar-refractivity contribution in [1.29, 1.82) is 0 Å². The van der Waals surface area contributed by atoms with Crippen LogP contribution in [0.15, 0.2) is 44.4 Å². The van der Waals surface area contributed by atoms with Crippen molar-refractivity contribution >= 4 is 76.0 Å². The summed E-state index contributed by atoms with van der Waals surface area (Å²) in [6.45, 7) is 0. The van der Waals surface area contributed by atoms with E-state index in [4.69, 9.17) is 50.8 Å². The van der Waals surface area contributed by atoms with Crippen molar-refractivity contribution in [2.45, 2.75) is 4.90 Å². The molecule has 2 aromatic carbocycles. The van der Waals surface area contributed by atoms with E-state index in [-0.39, 0.29) is 58.8 Å².